The Labute approximate surface area is 192 Å². The molecule has 0 aliphatic carbocycles. The smallest absolute Gasteiger partial charge is 0.293 e. The summed E-state index contributed by atoms with van der Waals surface area (Å²) in [4.78, 5) is 17.1. The highest BCUT2D eigenvalue weighted by Gasteiger charge is 2.17. The fourth-order valence-corrected chi connectivity index (χ4v) is 4.57. The summed E-state index contributed by atoms with van der Waals surface area (Å²) in [6.07, 6.45) is 0. The van der Waals surface area contributed by atoms with Crippen molar-refractivity contribution in [1.29, 1.82) is 0 Å². The van der Waals surface area contributed by atoms with Crippen molar-refractivity contribution >= 4 is 73.1 Å². The number of amides is 1. The number of furan rings is 1. The minimum atomic E-state index is -0.481. The number of aromatic nitrogens is 1. The predicted molar refractivity (Wildman–Crippen MR) is 127 cm³/mol. The number of carbonyl (C=O) groups is 1. The Kier molecular flexibility index (Phi) is 5.79. The van der Waals surface area contributed by atoms with Crippen LogP contribution in [0.3, 0.4) is 0 Å². The average Bonchev–Trinajstić information content (AvgIpc) is 3.35. The first-order valence-electron chi connectivity index (χ1n) is 8.87. The molecule has 0 spiro atoms. The number of rotatable bonds is 3. The number of anilines is 1. The number of nitrogens with zero attached hydrogens (tertiary/aromatic N) is 1. The predicted octanol–water partition coefficient (Wildman–Crippen LogP) is 6.61. The van der Waals surface area contributed by atoms with E-state index in [9.17, 15) is 4.79 Å². The fraction of sp³-hybridized carbons (Fsp3) is 0.0952. The number of fused-ring (bicyclic) bond motifs is 1. The van der Waals surface area contributed by atoms with Crippen molar-refractivity contribution in [2.24, 2.45) is 0 Å². The van der Waals surface area contributed by atoms with E-state index >= 15 is 0 Å². The molecule has 0 unspecified atom stereocenters. The van der Waals surface area contributed by atoms with Gasteiger partial charge < -0.3 is 9.73 Å². The molecule has 0 aliphatic heterocycles. The van der Waals surface area contributed by atoms with E-state index in [0.29, 0.717) is 26.5 Å². The van der Waals surface area contributed by atoms with Gasteiger partial charge in [-0.1, -0.05) is 52.7 Å². The molecule has 1 amide bonds. The molecule has 4 aromatic rings. The second-order valence-electron chi connectivity index (χ2n) is 6.57. The lowest BCUT2D eigenvalue weighted by atomic mass is 10.1. The van der Waals surface area contributed by atoms with Crippen molar-refractivity contribution in [1.82, 2.24) is 10.3 Å². The zero-order valence-corrected chi connectivity index (χ0v) is 19.0. The van der Waals surface area contributed by atoms with Gasteiger partial charge in [0.05, 0.1) is 20.3 Å². The number of hydrogen-bond donors (Lipinski definition) is 2. The SMILES string of the molecule is Cc1ccc(C)c2sc(NC(=S)NC(=O)c3ccc(-c4cccc(Cl)c4Cl)o3)nc12. The van der Waals surface area contributed by atoms with Crippen LogP contribution in [0.2, 0.25) is 10.0 Å². The summed E-state index contributed by atoms with van der Waals surface area (Å²) in [5.74, 6) is 0.0511. The minimum absolute atomic E-state index is 0.0983. The summed E-state index contributed by atoms with van der Waals surface area (Å²) < 4.78 is 6.73. The average molecular weight is 476 g/mol. The first-order valence-corrected chi connectivity index (χ1v) is 10.8. The van der Waals surface area contributed by atoms with Crippen molar-refractivity contribution in [2.45, 2.75) is 13.8 Å². The van der Waals surface area contributed by atoms with Crippen molar-refractivity contribution in [3.8, 4) is 11.3 Å². The molecule has 0 saturated heterocycles. The molecule has 9 heteroatoms. The standard InChI is InChI=1S/C21H15Cl2N3O2S2/c1-10-6-7-11(2)18-17(10)24-21(30-18)26-20(29)25-19(27)15-9-8-14(28-15)12-4-3-5-13(22)16(12)23/h3-9H,1-2H3,(H2,24,25,26,27,29). The van der Waals surface area contributed by atoms with Crippen molar-refractivity contribution in [3.05, 3.63) is 69.4 Å². The second-order valence-corrected chi connectivity index (χ2v) is 8.76. The number of nitrogens with one attached hydrogen (secondary N) is 2. The van der Waals surface area contributed by atoms with Gasteiger partial charge in [-0.25, -0.2) is 4.98 Å². The van der Waals surface area contributed by atoms with Gasteiger partial charge in [-0.15, -0.1) is 0 Å². The van der Waals surface area contributed by atoms with E-state index in [1.165, 1.54) is 11.3 Å². The lowest BCUT2D eigenvalue weighted by Crippen LogP contribution is -2.33. The minimum Gasteiger partial charge on any atom is -0.451 e. The van der Waals surface area contributed by atoms with Crippen LogP contribution in [-0.2, 0) is 0 Å². The summed E-state index contributed by atoms with van der Waals surface area (Å²) in [6.45, 7) is 4.04. The summed E-state index contributed by atoms with van der Waals surface area (Å²) >= 11 is 19.0. The maximum Gasteiger partial charge on any atom is 0.293 e. The Morgan fingerprint density at radius 3 is 2.63 bits per heavy atom. The molecule has 2 aromatic carbocycles. The highest BCUT2D eigenvalue weighted by Crippen LogP contribution is 2.34. The van der Waals surface area contributed by atoms with Crippen LogP contribution in [0.5, 0.6) is 0 Å². The maximum absolute atomic E-state index is 12.5. The van der Waals surface area contributed by atoms with Crippen molar-refractivity contribution < 1.29 is 9.21 Å². The Bertz CT molecular complexity index is 1260. The van der Waals surface area contributed by atoms with Crippen LogP contribution in [0.4, 0.5) is 5.13 Å². The van der Waals surface area contributed by atoms with Gasteiger partial charge in [0.2, 0.25) is 0 Å². The lowest BCUT2D eigenvalue weighted by Gasteiger charge is -2.05. The van der Waals surface area contributed by atoms with E-state index in [0.717, 1.165) is 21.3 Å². The molecule has 4 rings (SSSR count). The normalized spacial score (nSPS) is 10.9. The van der Waals surface area contributed by atoms with Crippen molar-refractivity contribution in [2.75, 3.05) is 5.32 Å². The summed E-state index contributed by atoms with van der Waals surface area (Å²) in [5.41, 5.74) is 3.74. The molecule has 0 atom stereocenters. The monoisotopic (exact) mass is 475 g/mol. The molecule has 5 nitrogen and oxygen atoms in total. The number of thiocarbonyl (C=S) groups is 1. The quantitative estimate of drug-likeness (QED) is 0.326. The Hall–Kier alpha value is -2.45. The number of benzene rings is 2. The maximum atomic E-state index is 12.5. The number of hydrogen-bond acceptors (Lipinski definition) is 5. The summed E-state index contributed by atoms with van der Waals surface area (Å²) in [5, 5.41) is 7.08. The molecular formula is C21H15Cl2N3O2S2. The van der Waals surface area contributed by atoms with Gasteiger partial charge in [0.15, 0.2) is 16.0 Å². The van der Waals surface area contributed by atoms with Crippen LogP contribution in [-0.4, -0.2) is 16.0 Å². The van der Waals surface area contributed by atoms with E-state index < -0.39 is 5.91 Å². The molecule has 0 fully saturated rings. The third-order valence-electron chi connectivity index (χ3n) is 4.44. The number of carbonyl (C=O) groups excluding carboxylic acids is 1. The van der Waals surface area contributed by atoms with Crippen LogP contribution in [0, 0.1) is 13.8 Å². The van der Waals surface area contributed by atoms with Crippen molar-refractivity contribution in [3.63, 3.8) is 0 Å². The summed E-state index contributed by atoms with van der Waals surface area (Å²) in [7, 11) is 0. The molecule has 2 N–H and O–H groups in total. The Morgan fingerprint density at radius 1 is 1.10 bits per heavy atom. The third kappa shape index (κ3) is 4.06. The number of halogens is 2. The van der Waals surface area contributed by atoms with Gasteiger partial charge >= 0.3 is 0 Å². The van der Waals surface area contributed by atoms with E-state index in [-0.39, 0.29) is 10.9 Å². The van der Waals surface area contributed by atoms with Gasteiger partial charge in [-0.3, -0.25) is 10.1 Å². The molecule has 2 aromatic heterocycles. The van der Waals surface area contributed by atoms with Gasteiger partial charge in [-0.05, 0) is 61.5 Å². The van der Waals surface area contributed by atoms with Gasteiger partial charge in [0.25, 0.3) is 5.91 Å². The molecule has 0 bridgehead atoms. The highest BCUT2D eigenvalue weighted by atomic mass is 35.5. The van der Waals surface area contributed by atoms with E-state index in [1.54, 1.807) is 30.3 Å². The summed E-state index contributed by atoms with van der Waals surface area (Å²) in [6, 6.07) is 12.5. The Morgan fingerprint density at radius 2 is 1.87 bits per heavy atom. The molecule has 0 radical (unpaired) electrons. The highest BCUT2D eigenvalue weighted by molar-refractivity contribution is 7.80. The fourth-order valence-electron chi connectivity index (χ4n) is 2.90. The van der Waals surface area contributed by atoms with Crippen LogP contribution < -0.4 is 10.6 Å². The first-order chi connectivity index (χ1) is 14.3. The van der Waals surface area contributed by atoms with E-state index in [2.05, 4.69) is 21.7 Å². The molecule has 0 aliphatic rings. The zero-order valence-electron chi connectivity index (χ0n) is 15.9. The largest absolute Gasteiger partial charge is 0.451 e. The van der Waals surface area contributed by atoms with Crippen LogP contribution in [0.25, 0.3) is 21.5 Å². The Balaban J connectivity index is 1.47. The van der Waals surface area contributed by atoms with Crippen LogP contribution >= 0.6 is 46.8 Å². The zero-order chi connectivity index (χ0) is 21.4. The number of aryl methyl sites for hydroxylation is 2. The van der Waals surface area contributed by atoms with E-state index in [4.69, 9.17) is 39.8 Å². The topological polar surface area (TPSA) is 67.2 Å². The molecular weight excluding hydrogens is 461 g/mol. The number of thiazole rings is 1. The van der Waals surface area contributed by atoms with Crippen LogP contribution in [0.1, 0.15) is 21.7 Å². The molecule has 0 saturated carbocycles. The molecule has 152 valence electrons. The first kappa shape index (κ1) is 20.8. The van der Waals surface area contributed by atoms with Crippen LogP contribution in [0.15, 0.2) is 46.9 Å². The molecule has 30 heavy (non-hydrogen) atoms. The lowest BCUT2D eigenvalue weighted by molar-refractivity contribution is 0.0951. The van der Waals surface area contributed by atoms with Gasteiger partial charge in [0, 0.05) is 5.56 Å². The van der Waals surface area contributed by atoms with Gasteiger partial charge in [-0.2, -0.15) is 0 Å². The van der Waals surface area contributed by atoms with E-state index in [1.807, 2.05) is 19.9 Å². The second kappa shape index (κ2) is 8.35. The third-order valence-corrected chi connectivity index (χ3v) is 6.57. The molecule has 2 heterocycles. The van der Waals surface area contributed by atoms with Gasteiger partial charge in [0.1, 0.15) is 5.76 Å².